The van der Waals surface area contributed by atoms with Crippen molar-refractivity contribution in [3.05, 3.63) is 23.8 Å². The van der Waals surface area contributed by atoms with Crippen molar-refractivity contribution in [2.24, 2.45) is 11.8 Å². The van der Waals surface area contributed by atoms with Crippen LogP contribution in [0.4, 0.5) is 0 Å². The number of carbonyl (C=O) groups is 2. The highest BCUT2D eigenvalue weighted by atomic mass is 28.4. The molecule has 2 rings (SSSR count). The van der Waals surface area contributed by atoms with E-state index in [1.807, 2.05) is 6.08 Å². The molecule has 0 aliphatic heterocycles. The van der Waals surface area contributed by atoms with E-state index >= 15 is 0 Å². The molecule has 32 heavy (non-hydrogen) atoms. The number of hydrogen-bond donors (Lipinski definition) is 1. The first-order valence-corrected chi connectivity index (χ1v) is 15.7. The van der Waals surface area contributed by atoms with Crippen molar-refractivity contribution in [2.75, 3.05) is 0 Å². The normalized spacial score (nSPS) is 21.8. The number of carboxylic acids is 1. The number of ketones is 1. The van der Waals surface area contributed by atoms with Crippen LogP contribution in [-0.2, 0) is 14.0 Å². The summed E-state index contributed by atoms with van der Waals surface area (Å²) in [5, 5.41) is 8.95. The Morgan fingerprint density at radius 2 is 1.91 bits per heavy atom. The van der Waals surface area contributed by atoms with Crippen LogP contribution in [0.15, 0.2) is 23.8 Å². The smallest absolute Gasteiger partial charge is 0.303 e. The van der Waals surface area contributed by atoms with E-state index in [2.05, 4.69) is 46.0 Å². The highest BCUT2D eigenvalue weighted by molar-refractivity contribution is 6.74. The first-order chi connectivity index (χ1) is 15.0. The average molecular weight is 463 g/mol. The second-order valence-corrected chi connectivity index (χ2v) is 16.1. The maximum absolute atomic E-state index is 12.5. The standard InChI is InChI=1S/C27H46O4Si/c1-27(2,3)32(4,5)31-25(22-13-9-8-10-14-22)20-18-21-17-19-24(28)23(21)15-11-6-7-12-16-26(29)30/h6,11,17,22-23,25H,7-10,12-16,18-20H2,1-5H3,(H,29,30)/b11-6-/t23-,25?/m1/s1. The number of hydrogen-bond acceptors (Lipinski definition) is 3. The van der Waals surface area contributed by atoms with Crippen molar-refractivity contribution in [3.63, 3.8) is 0 Å². The zero-order valence-corrected chi connectivity index (χ0v) is 22.1. The van der Waals surface area contributed by atoms with Gasteiger partial charge in [0.05, 0.1) is 0 Å². The zero-order valence-electron chi connectivity index (χ0n) is 21.1. The van der Waals surface area contributed by atoms with Crippen LogP contribution >= 0.6 is 0 Å². The Morgan fingerprint density at radius 1 is 1.22 bits per heavy atom. The minimum absolute atomic E-state index is 0.00519. The minimum atomic E-state index is -1.84. The molecule has 2 atom stereocenters. The van der Waals surface area contributed by atoms with Crippen LogP contribution < -0.4 is 0 Å². The molecule has 1 saturated carbocycles. The van der Waals surface area contributed by atoms with Crippen molar-refractivity contribution in [2.45, 2.75) is 122 Å². The number of carbonyl (C=O) groups excluding carboxylic acids is 1. The lowest BCUT2D eigenvalue weighted by molar-refractivity contribution is -0.137. The highest BCUT2D eigenvalue weighted by Crippen LogP contribution is 2.41. The lowest BCUT2D eigenvalue weighted by Gasteiger charge is -2.42. The molecule has 0 aromatic rings. The molecule has 1 fully saturated rings. The topological polar surface area (TPSA) is 63.6 Å². The second-order valence-electron chi connectivity index (χ2n) is 11.3. The van der Waals surface area contributed by atoms with Crippen LogP contribution in [0.3, 0.4) is 0 Å². The van der Waals surface area contributed by atoms with E-state index in [0.29, 0.717) is 30.6 Å². The first kappa shape index (κ1) is 27.0. The lowest BCUT2D eigenvalue weighted by Crippen LogP contribution is -2.46. The van der Waals surface area contributed by atoms with E-state index in [1.54, 1.807) is 0 Å². The largest absolute Gasteiger partial charge is 0.481 e. The molecule has 0 aromatic heterocycles. The third-order valence-electron chi connectivity index (χ3n) is 7.85. The van der Waals surface area contributed by atoms with E-state index < -0.39 is 14.3 Å². The van der Waals surface area contributed by atoms with E-state index in [1.165, 1.54) is 37.7 Å². The third-order valence-corrected chi connectivity index (χ3v) is 12.4. The fourth-order valence-corrected chi connectivity index (χ4v) is 6.19. The van der Waals surface area contributed by atoms with E-state index in [0.717, 1.165) is 25.7 Å². The summed E-state index contributed by atoms with van der Waals surface area (Å²) in [6.45, 7) is 11.7. The Bertz CT molecular complexity index is 680. The van der Waals surface area contributed by atoms with Gasteiger partial charge in [-0.1, -0.05) is 63.8 Å². The van der Waals surface area contributed by atoms with Gasteiger partial charge in [0.2, 0.25) is 0 Å². The molecule has 0 spiro atoms. The van der Waals surface area contributed by atoms with Gasteiger partial charge in [-0.3, -0.25) is 9.59 Å². The summed E-state index contributed by atoms with van der Waals surface area (Å²) in [5.74, 6) is 0.241. The Hall–Kier alpha value is -1.20. The number of rotatable bonds is 12. The Kier molecular flexibility index (Phi) is 10.4. The van der Waals surface area contributed by atoms with Gasteiger partial charge in [-0.25, -0.2) is 0 Å². The van der Waals surface area contributed by atoms with Crippen LogP contribution in [0.2, 0.25) is 18.1 Å². The molecule has 0 bridgehead atoms. The maximum atomic E-state index is 12.5. The molecule has 2 aliphatic rings. The number of Topliss-reactive ketones (excluding diaryl/α,β-unsaturated/α-hetero) is 1. The molecule has 4 nitrogen and oxygen atoms in total. The van der Waals surface area contributed by atoms with Gasteiger partial charge in [-0.2, -0.15) is 0 Å². The molecular weight excluding hydrogens is 416 g/mol. The van der Waals surface area contributed by atoms with Crippen molar-refractivity contribution < 1.29 is 19.1 Å². The lowest BCUT2D eigenvalue weighted by atomic mass is 9.82. The molecule has 0 amide bonds. The van der Waals surface area contributed by atoms with Gasteiger partial charge in [0.1, 0.15) is 5.78 Å². The van der Waals surface area contributed by atoms with Crippen LogP contribution in [0.1, 0.15) is 97.8 Å². The predicted molar refractivity (Wildman–Crippen MR) is 134 cm³/mol. The van der Waals surface area contributed by atoms with Gasteiger partial charge in [-0.15, -0.1) is 0 Å². The van der Waals surface area contributed by atoms with Gasteiger partial charge in [0.25, 0.3) is 0 Å². The molecular formula is C27H46O4Si. The van der Waals surface area contributed by atoms with Crippen LogP contribution in [-0.4, -0.2) is 31.3 Å². The van der Waals surface area contributed by atoms with E-state index in [4.69, 9.17) is 9.53 Å². The van der Waals surface area contributed by atoms with E-state index in [-0.39, 0.29) is 17.4 Å². The summed E-state index contributed by atoms with van der Waals surface area (Å²) < 4.78 is 6.97. The quantitative estimate of drug-likeness (QED) is 0.186. The summed E-state index contributed by atoms with van der Waals surface area (Å²) in [5.41, 5.74) is 1.30. The second kappa shape index (κ2) is 12.3. The zero-order chi connectivity index (χ0) is 23.8. The average Bonchev–Trinajstić information content (AvgIpc) is 3.07. The molecule has 0 saturated heterocycles. The summed E-state index contributed by atoms with van der Waals surface area (Å²) in [4.78, 5) is 23.1. The fourth-order valence-electron chi connectivity index (χ4n) is 4.76. The highest BCUT2D eigenvalue weighted by Gasteiger charge is 2.41. The van der Waals surface area contributed by atoms with Crippen molar-refractivity contribution in [1.82, 2.24) is 0 Å². The molecule has 1 unspecified atom stereocenters. The summed E-state index contributed by atoms with van der Waals surface area (Å²) in [6.07, 6.45) is 18.0. The Balaban J connectivity index is 1.96. The monoisotopic (exact) mass is 462 g/mol. The number of carboxylic acid groups (broad SMARTS) is 1. The summed E-state index contributed by atoms with van der Waals surface area (Å²) >= 11 is 0. The molecule has 5 heteroatoms. The van der Waals surface area contributed by atoms with Crippen LogP contribution in [0.5, 0.6) is 0 Å². The van der Waals surface area contributed by atoms with Crippen molar-refractivity contribution in [1.29, 1.82) is 0 Å². The molecule has 1 N–H and O–H groups in total. The summed E-state index contributed by atoms with van der Waals surface area (Å²) in [7, 11) is -1.84. The van der Waals surface area contributed by atoms with Gasteiger partial charge in [-0.05, 0) is 69.0 Å². The Morgan fingerprint density at radius 3 is 2.53 bits per heavy atom. The van der Waals surface area contributed by atoms with Crippen molar-refractivity contribution in [3.8, 4) is 0 Å². The number of aliphatic carboxylic acids is 1. The van der Waals surface area contributed by atoms with Gasteiger partial charge >= 0.3 is 5.97 Å². The predicted octanol–water partition coefficient (Wildman–Crippen LogP) is 7.45. The molecule has 0 radical (unpaired) electrons. The molecule has 2 aliphatic carbocycles. The molecule has 182 valence electrons. The van der Waals surface area contributed by atoms with Gasteiger partial charge in [0, 0.05) is 24.9 Å². The maximum Gasteiger partial charge on any atom is 0.303 e. The van der Waals surface area contributed by atoms with Gasteiger partial charge in [0.15, 0.2) is 8.32 Å². The van der Waals surface area contributed by atoms with Crippen molar-refractivity contribution >= 4 is 20.1 Å². The fraction of sp³-hybridized carbons (Fsp3) is 0.778. The molecule has 0 aromatic carbocycles. The minimum Gasteiger partial charge on any atom is -0.481 e. The van der Waals surface area contributed by atoms with Crippen LogP contribution in [0, 0.1) is 11.8 Å². The van der Waals surface area contributed by atoms with Crippen LogP contribution in [0.25, 0.3) is 0 Å². The SMILES string of the molecule is CC(C)(C)[Si](C)(C)OC(CCC1=CCC(=O)[C@@H]1C/C=C\CCCC(=O)O)C1CCCCC1. The third kappa shape index (κ3) is 8.29. The van der Waals surface area contributed by atoms with Gasteiger partial charge < -0.3 is 9.53 Å². The first-order valence-electron chi connectivity index (χ1n) is 12.8. The van der Waals surface area contributed by atoms with E-state index in [9.17, 15) is 9.59 Å². The number of unbranched alkanes of at least 4 members (excludes halogenated alkanes) is 1. The number of allylic oxidation sites excluding steroid dienone is 4. The molecule has 0 heterocycles. The Labute approximate surface area is 197 Å². The summed E-state index contributed by atoms with van der Waals surface area (Å²) in [6, 6.07) is 0.